The van der Waals surface area contributed by atoms with E-state index >= 15 is 0 Å². The van der Waals surface area contributed by atoms with Gasteiger partial charge in [-0.2, -0.15) is 0 Å². The fraction of sp³-hybridized carbons (Fsp3) is 0.455. The quantitative estimate of drug-likeness (QED) is 0.636. The minimum atomic E-state index is 0.291. The Kier molecular flexibility index (Phi) is 5.83. The molecule has 1 aromatic carbocycles. The Morgan fingerprint density at radius 1 is 1.33 bits per heavy atom. The molecule has 0 fully saturated rings. The van der Waals surface area contributed by atoms with Gasteiger partial charge in [0.15, 0.2) is 0 Å². The van der Waals surface area contributed by atoms with E-state index in [2.05, 4.69) is 0 Å². The third kappa shape index (κ3) is 5.12. The average molecular weight is 264 g/mol. The van der Waals surface area contributed by atoms with E-state index in [1.165, 1.54) is 0 Å². The number of halogens is 2. The van der Waals surface area contributed by atoms with Crippen LogP contribution in [0.2, 0.25) is 10.0 Å². The summed E-state index contributed by atoms with van der Waals surface area (Å²) < 4.78 is 0. The Morgan fingerprint density at radius 2 is 2.07 bits per heavy atom. The summed E-state index contributed by atoms with van der Waals surface area (Å²) in [6.07, 6.45) is 2.19. The smallest absolute Gasteiger partial charge is 0.0603 e. The maximum atomic E-state index is 5.91. The van der Waals surface area contributed by atoms with Crippen molar-refractivity contribution in [2.45, 2.75) is 30.7 Å². The summed E-state index contributed by atoms with van der Waals surface area (Å²) in [6.45, 7) is 2.03. The largest absolute Gasteiger partial charge is 0.328 e. The Hall–Kier alpha value is 0.110. The molecule has 4 heteroatoms. The zero-order valence-electron chi connectivity index (χ0n) is 8.67. The number of hydrogen-bond donors (Lipinski definition) is 1. The number of nitrogens with two attached hydrogens (primary N) is 1. The van der Waals surface area contributed by atoms with Gasteiger partial charge in [0.2, 0.25) is 0 Å². The molecule has 1 atom stereocenters. The summed E-state index contributed by atoms with van der Waals surface area (Å²) in [6, 6.07) is 6.02. The van der Waals surface area contributed by atoms with Gasteiger partial charge in [-0.15, -0.1) is 11.8 Å². The molecule has 0 aliphatic rings. The van der Waals surface area contributed by atoms with Crippen LogP contribution in [0.4, 0.5) is 0 Å². The summed E-state index contributed by atoms with van der Waals surface area (Å²) >= 11 is 13.5. The van der Waals surface area contributed by atoms with Crippen molar-refractivity contribution in [3.63, 3.8) is 0 Å². The molecule has 0 saturated heterocycles. The van der Waals surface area contributed by atoms with Gasteiger partial charge in [-0.1, -0.05) is 23.2 Å². The fourth-order valence-electron chi connectivity index (χ4n) is 1.16. The number of hydrogen-bond acceptors (Lipinski definition) is 2. The molecule has 0 spiro atoms. The molecule has 0 bridgehead atoms. The molecule has 1 rings (SSSR count). The van der Waals surface area contributed by atoms with Crippen molar-refractivity contribution in [1.82, 2.24) is 0 Å². The lowest BCUT2D eigenvalue weighted by Crippen LogP contribution is -2.14. The van der Waals surface area contributed by atoms with Crippen LogP contribution in [0.1, 0.15) is 19.8 Å². The average Bonchev–Trinajstić information content (AvgIpc) is 2.18. The number of rotatable bonds is 5. The van der Waals surface area contributed by atoms with Crippen LogP contribution in [0.5, 0.6) is 0 Å². The molecule has 0 aromatic heterocycles. The molecule has 0 aliphatic carbocycles. The summed E-state index contributed by atoms with van der Waals surface area (Å²) in [5.74, 6) is 1.07. The van der Waals surface area contributed by atoms with Gasteiger partial charge >= 0.3 is 0 Å². The zero-order chi connectivity index (χ0) is 11.3. The van der Waals surface area contributed by atoms with Crippen molar-refractivity contribution in [1.29, 1.82) is 0 Å². The van der Waals surface area contributed by atoms with E-state index < -0.39 is 0 Å². The van der Waals surface area contributed by atoms with Crippen LogP contribution in [0.3, 0.4) is 0 Å². The summed E-state index contributed by atoms with van der Waals surface area (Å²) in [5.41, 5.74) is 5.67. The number of benzene rings is 1. The highest BCUT2D eigenvalue weighted by Gasteiger charge is 2.00. The summed E-state index contributed by atoms with van der Waals surface area (Å²) in [4.78, 5) is 1.16. The van der Waals surface area contributed by atoms with Crippen molar-refractivity contribution in [3.8, 4) is 0 Å². The molecule has 0 saturated carbocycles. The van der Waals surface area contributed by atoms with Crippen LogP contribution in [0, 0.1) is 0 Å². The molecule has 2 N–H and O–H groups in total. The lowest BCUT2D eigenvalue weighted by molar-refractivity contribution is 0.656. The Morgan fingerprint density at radius 3 is 2.67 bits per heavy atom. The molecular formula is C11H15Cl2NS. The van der Waals surface area contributed by atoms with Gasteiger partial charge in [-0.3, -0.25) is 0 Å². The van der Waals surface area contributed by atoms with Gasteiger partial charge in [0.05, 0.1) is 10.0 Å². The third-order valence-electron chi connectivity index (χ3n) is 1.96. The van der Waals surface area contributed by atoms with E-state index in [1.807, 2.05) is 25.1 Å². The predicted octanol–water partition coefficient (Wildman–Crippen LogP) is 4.21. The molecule has 84 valence electrons. The highest BCUT2D eigenvalue weighted by atomic mass is 35.5. The second-order valence-electron chi connectivity index (χ2n) is 3.54. The van der Waals surface area contributed by atoms with Gasteiger partial charge in [0.25, 0.3) is 0 Å². The molecule has 15 heavy (non-hydrogen) atoms. The summed E-state index contributed by atoms with van der Waals surface area (Å²) in [7, 11) is 0. The first kappa shape index (κ1) is 13.2. The standard InChI is InChI=1S/C11H15Cl2NS/c1-8(14)3-2-6-15-9-4-5-10(12)11(13)7-9/h4-5,7-8H,2-3,6,14H2,1H3. The lowest BCUT2D eigenvalue weighted by atomic mass is 10.2. The van der Waals surface area contributed by atoms with Crippen molar-refractivity contribution >= 4 is 35.0 Å². The highest BCUT2D eigenvalue weighted by Crippen LogP contribution is 2.28. The van der Waals surface area contributed by atoms with Crippen LogP contribution < -0.4 is 5.73 Å². The number of thioether (sulfide) groups is 1. The van der Waals surface area contributed by atoms with E-state index in [1.54, 1.807) is 11.8 Å². The van der Waals surface area contributed by atoms with Gasteiger partial charge in [0, 0.05) is 10.9 Å². The second-order valence-corrected chi connectivity index (χ2v) is 5.53. The Labute approximate surface area is 105 Å². The third-order valence-corrected chi connectivity index (χ3v) is 3.78. The molecule has 0 heterocycles. The van der Waals surface area contributed by atoms with Crippen LogP contribution in [0.25, 0.3) is 0 Å². The first-order valence-corrected chi connectivity index (χ1v) is 6.67. The first-order chi connectivity index (χ1) is 7.09. The molecule has 0 radical (unpaired) electrons. The van der Waals surface area contributed by atoms with Crippen molar-refractivity contribution in [3.05, 3.63) is 28.2 Å². The minimum absolute atomic E-state index is 0.291. The van der Waals surface area contributed by atoms with Gasteiger partial charge in [-0.05, 0) is 43.7 Å². The van der Waals surface area contributed by atoms with E-state index in [4.69, 9.17) is 28.9 Å². The first-order valence-electron chi connectivity index (χ1n) is 4.93. The van der Waals surface area contributed by atoms with Crippen molar-refractivity contribution in [2.75, 3.05) is 5.75 Å². The zero-order valence-corrected chi connectivity index (χ0v) is 11.0. The van der Waals surface area contributed by atoms with E-state index in [0.29, 0.717) is 16.1 Å². The molecule has 1 unspecified atom stereocenters. The predicted molar refractivity (Wildman–Crippen MR) is 70.1 cm³/mol. The summed E-state index contributed by atoms with van der Waals surface area (Å²) in [5, 5.41) is 1.23. The Balaban J connectivity index is 2.35. The monoisotopic (exact) mass is 263 g/mol. The lowest BCUT2D eigenvalue weighted by Gasteiger charge is -2.05. The molecule has 0 aliphatic heterocycles. The Bertz CT molecular complexity index is 315. The van der Waals surface area contributed by atoms with Crippen molar-refractivity contribution in [2.24, 2.45) is 5.73 Å². The molecule has 1 aromatic rings. The molecule has 0 amide bonds. The van der Waals surface area contributed by atoms with Gasteiger partial charge in [0.1, 0.15) is 0 Å². The highest BCUT2D eigenvalue weighted by molar-refractivity contribution is 7.99. The van der Waals surface area contributed by atoms with E-state index in [9.17, 15) is 0 Å². The molecular weight excluding hydrogens is 249 g/mol. The second kappa shape index (κ2) is 6.64. The van der Waals surface area contributed by atoms with Crippen molar-refractivity contribution < 1.29 is 0 Å². The SMILES string of the molecule is CC(N)CCCSc1ccc(Cl)c(Cl)c1. The van der Waals surface area contributed by atoms with Gasteiger partial charge < -0.3 is 5.73 Å². The van der Waals surface area contributed by atoms with Crippen LogP contribution in [0.15, 0.2) is 23.1 Å². The maximum Gasteiger partial charge on any atom is 0.0603 e. The normalized spacial score (nSPS) is 12.8. The minimum Gasteiger partial charge on any atom is -0.328 e. The van der Waals surface area contributed by atoms with Gasteiger partial charge in [-0.25, -0.2) is 0 Å². The van der Waals surface area contributed by atoms with Crippen LogP contribution >= 0.6 is 35.0 Å². The fourth-order valence-corrected chi connectivity index (χ4v) is 2.44. The van der Waals surface area contributed by atoms with E-state index in [-0.39, 0.29) is 0 Å². The van der Waals surface area contributed by atoms with E-state index in [0.717, 1.165) is 23.5 Å². The molecule has 1 nitrogen and oxygen atoms in total. The van der Waals surface area contributed by atoms with Crippen LogP contribution in [-0.2, 0) is 0 Å². The topological polar surface area (TPSA) is 26.0 Å². The maximum absolute atomic E-state index is 5.91. The van der Waals surface area contributed by atoms with Crippen LogP contribution in [-0.4, -0.2) is 11.8 Å².